The molecule has 0 aliphatic heterocycles. The highest BCUT2D eigenvalue weighted by atomic mass is 32.1. The lowest BCUT2D eigenvalue weighted by atomic mass is 10.1. The molecule has 3 amide bonds. The normalized spacial score (nSPS) is 10.8. The van der Waals surface area contributed by atoms with Crippen molar-refractivity contribution in [2.24, 2.45) is 0 Å². The molecule has 0 radical (unpaired) electrons. The Morgan fingerprint density at radius 3 is 2.18 bits per heavy atom. The molecule has 174 valence electrons. The van der Waals surface area contributed by atoms with Gasteiger partial charge < -0.3 is 15.1 Å². The van der Waals surface area contributed by atoms with Crippen LogP contribution in [0.25, 0.3) is 0 Å². The second kappa shape index (κ2) is 11.7. The van der Waals surface area contributed by atoms with Crippen molar-refractivity contribution >= 4 is 29.0 Å². The Morgan fingerprint density at radius 2 is 1.61 bits per heavy atom. The van der Waals surface area contributed by atoms with Crippen molar-refractivity contribution in [3.8, 4) is 0 Å². The van der Waals surface area contributed by atoms with Gasteiger partial charge in [0.25, 0.3) is 0 Å². The number of carbonyl (C=O) groups is 2. The van der Waals surface area contributed by atoms with Crippen LogP contribution in [0.4, 0.5) is 10.5 Å². The van der Waals surface area contributed by atoms with Crippen LogP contribution in [-0.2, 0) is 24.3 Å². The van der Waals surface area contributed by atoms with Crippen LogP contribution in [0, 0.1) is 6.92 Å². The van der Waals surface area contributed by atoms with E-state index < -0.39 is 0 Å². The molecule has 5 nitrogen and oxygen atoms in total. The number of aryl methyl sites for hydroxylation is 2. The summed E-state index contributed by atoms with van der Waals surface area (Å²) in [5.74, 6) is -0.0740. The first kappa shape index (κ1) is 24.5. The average Bonchev–Trinajstić information content (AvgIpc) is 3.22. The van der Waals surface area contributed by atoms with Gasteiger partial charge in [0, 0.05) is 28.0 Å². The van der Waals surface area contributed by atoms with Crippen LogP contribution in [-0.4, -0.2) is 34.3 Å². The van der Waals surface area contributed by atoms with Crippen molar-refractivity contribution in [3.63, 3.8) is 0 Å². The molecule has 0 unspecified atom stereocenters. The van der Waals surface area contributed by atoms with Gasteiger partial charge in [0.1, 0.15) is 6.54 Å². The minimum atomic E-state index is -0.269. The third kappa shape index (κ3) is 7.19. The van der Waals surface area contributed by atoms with Gasteiger partial charge in [-0.2, -0.15) is 0 Å². The number of thiophene rings is 1. The quantitative estimate of drug-likeness (QED) is 0.417. The first-order valence-corrected chi connectivity index (χ1v) is 12.2. The molecular formula is C27H33N3O2S. The second-order valence-electron chi connectivity index (χ2n) is 8.45. The zero-order valence-electron chi connectivity index (χ0n) is 19.9. The van der Waals surface area contributed by atoms with Crippen molar-refractivity contribution < 1.29 is 9.59 Å². The first-order chi connectivity index (χ1) is 15.9. The van der Waals surface area contributed by atoms with Crippen LogP contribution in [0.5, 0.6) is 0 Å². The van der Waals surface area contributed by atoms with Crippen molar-refractivity contribution in [2.45, 2.75) is 53.2 Å². The number of nitrogens with one attached hydrogen (secondary N) is 1. The third-order valence-corrected chi connectivity index (χ3v) is 6.50. The lowest BCUT2D eigenvalue weighted by Crippen LogP contribution is -2.47. The molecular weight excluding hydrogens is 430 g/mol. The summed E-state index contributed by atoms with van der Waals surface area (Å²) in [6.45, 7) is 9.07. The van der Waals surface area contributed by atoms with Gasteiger partial charge in [0.2, 0.25) is 5.91 Å². The number of benzene rings is 2. The Hall–Kier alpha value is -3.12. The van der Waals surface area contributed by atoms with Crippen LogP contribution >= 0.6 is 11.3 Å². The molecule has 0 spiro atoms. The van der Waals surface area contributed by atoms with Crippen LogP contribution < -0.4 is 5.32 Å². The van der Waals surface area contributed by atoms with Gasteiger partial charge in [-0.15, -0.1) is 11.3 Å². The number of urea groups is 1. The summed E-state index contributed by atoms with van der Waals surface area (Å²) in [6, 6.07) is 21.5. The molecule has 2 aromatic carbocycles. The number of rotatable bonds is 9. The zero-order chi connectivity index (χ0) is 23.8. The lowest BCUT2D eigenvalue weighted by molar-refractivity contribution is -0.133. The molecule has 0 saturated carbocycles. The summed E-state index contributed by atoms with van der Waals surface area (Å²) >= 11 is 1.69. The van der Waals surface area contributed by atoms with Crippen molar-refractivity contribution in [2.75, 3.05) is 11.9 Å². The molecule has 0 bridgehead atoms. The number of carbonyl (C=O) groups excluding carboxylic acids is 2. The number of nitrogens with zero attached hydrogens (tertiary/aromatic N) is 2. The summed E-state index contributed by atoms with van der Waals surface area (Å²) in [4.78, 5) is 32.2. The van der Waals surface area contributed by atoms with Gasteiger partial charge in [0.05, 0.1) is 6.54 Å². The Morgan fingerprint density at radius 1 is 0.909 bits per heavy atom. The molecule has 3 aromatic rings. The van der Waals surface area contributed by atoms with Gasteiger partial charge in [-0.1, -0.05) is 49.4 Å². The summed E-state index contributed by atoms with van der Waals surface area (Å²) in [5, 5.41) is 2.94. The van der Waals surface area contributed by atoms with E-state index >= 15 is 0 Å². The molecule has 3 rings (SSSR count). The summed E-state index contributed by atoms with van der Waals surface area (Å²) in [5.41, 5.74) is 3.01. The molecule has 1 N–H and O–H groups in total. The standard InChI is InChI=1S/C27H33N3O2S/c1-5-22-12-14-24(15-13-22)28-27(32)30(20(2)3)19-26(31)29(17-23-9-7-6-8-10-23)18-25-16-11-21(4)33-25/h6-16,20H,5,17-19H2,1-4H3,(H,28,32). The zero-order valence-corrected chi connectivity index (χ0v) is 20.7. The molecule has 1 aromatic heterocycles. The summed E-state index contributed by atoms with van der Waals surface area (Å²) in [7, 11) is 0. The van der Waals surface area contributed by atoms with E-state index in [4.69, 9.17) is 0 Å². The van der Waals surface area contributed by atoms with Crippen molar-refractivity contribution in [3.05, 3.63) is 87.6 Å². The van der Waals surface area contributed by atoms with E-state index in [1.807, 2.05) is 73.3 Å². The minimum Gasteiger partial charge on any atom is -0.332 e. The molecule has 0 aliphatic rings. The van der Waals surface area contributed by atoms with Crippen LogP contribution in [0.1, 0.15) is 41.7 Å². The second-order valence-corrected chi connectivity index (χ2v) is 9.82. The van der Waals surface area contributed by atoms with Gasteiger partial charge in [-0.25, -0.2) is 4.79 Å². The summed E-state index contributed by atoms with van der Waals surface area (Å²) in [6.07, 6.45) is 0.946. The van der Waals surface area contributed by atoms with E-state index in [1.54, 1.807) is 16.2 Å². The predicted octanol–water partition coefficient (Wildman–Crippen LogP) is 6.09. The fourth-order valence-electron chi connectivity index (χ4n) is 3.55. The van der Waals surface area contributed by atoms with E-state index in [1.165, 1.54) is 10.4 Å². The number of hydrogen-bond acceptors (Lipinski definition) is 3. The van der Waals surface area contributed by atoms with Crippen LogP contribution in [0.15, 0.2) is 66.7 Å². The number of amides is 3. The van der Waals surface area contributed by atoms with E-state index in [9.17, 15) is 9.59 Å². The topological polar surface area (TPSA) is 52.7 Å². The van der Waals surface area contributed by atoms with Crippen LogP contribution in [0.3, 0.4) is 0 Å². The summed E-state index contributed by atoms with van der Waals surface area (Å²) < 4.78 is 0. The highest BCUT2D eigenvalue weighted by molar-refractivity contribution is 7.11. The first-order valence-electron chi connectivity index (χ1n) is 11.4. The molecule has 1 heterocycles. The highest BCUT2D eigenvalue weighted by Gasteiger charge is 2.24. The maximum absolute atomic E-state index is 13.4. The molecule has 0 aliphatic carbocycles. The molecule has 0 atom stereocenters. The lowest BCUT2D eigenvalue weighted by Gasteiger charge is -2.30. The van der Waals surface area contributed by atoms with Gasteiger partial charge in [-0.05, 0) is 62.6 Å². The highest BCUT2D eigenvalue weighted by Crippen LogP contribution is 2.19. The smallest absolute Gasteiger partial charge is 0.322 e. The monoisotopic (exact) mass is 463 g/mol. The Kier molecular flexibility index (Phi) is 8.66. The maximum atomic E-state index is 13.4. The predicted molar refractivity (Wildman–Crippen MR) is 136 cm³/mol. The van der Waals surface area contributed by atoms with E-state index in [2.05, 4.69) is 31.3 Å². The van der Waals surface area contributed by atoms with E-state index in [0.29, 0.717) is 13.1 Å². The Balaban J connectivity index is 1.73. The number of hydrogen-bond donors (Lipinski definition) is 1. The average molecular weight is 464 g/mol. The third-order valence-electron chi connectivity index (χ3n) is 5.51. The van der Waals surface area contributed by atoms with Gasteiger partial charge in [-0.3, -0.25) is 4.79 Å². The molecule has 6 heteroatoms. The van der Waals surface area contributed by atoms with Crippen molar-refractivity contribution in [1.29, 1.82) is 0 Å². The SMILES string of the molecule is CCc1ccc(NC(=O)N(CC(=O)N(Cc2ccccc2)Cc2ccc(C)s2)C(C)C)cc1. The van der Waals surface area contributed by atoms with Gasteiger partial charge >= 0.3 is 6.03 Å². The Bertz CT molecular complexity index is 1040. The van der Waals surface area contributed by atoms with Gasteiger partial charge in [0.15, 0.2) is 0 Å². The fraction of sp³-hybridized carbons (Fsp3) is 0.333. The largest absolute Gasteiger partial charge is 0.332 e. The van der Waals surface area contributed by atoms with Crippen molar-refractivity contribution in [1.82, 2.24) is 9.80 Å². The van der Waals surface area contributed by atoms with Crippen LogP contribution in [0.2, 0.25) is 0 Å². The van der Waals surface area contributed by atoms with E-state index in [0.717, 1.165) is 22.5 Å². The minimum absolute atomic E-state index is 0.0216. The molecule has 0 saturated heterocycles. The fourth-order valence-corrected chi connectivity index (χ4v) is 4.45. The number of anilines is 1. The molecule has 33 heavy (non-hydrogen) atoms. The Labute approximate surface area is 201 Å². The molecule has 0 fully saturated rings. The van der Waals surface area contributed by atoms with E-state index in [-0.39, 0.29) is 24.5 Å². The maximum Gasteiger partial charge on any atom is 0.322 e.